The third-order valence-electron chi connectivity index (χ3n) is 5.61. The molecule has 8 nitrogen and oxygen atoms in total. The van der Waals surface area contributed by atoms with Crippen molar-refractivity contribution in [3.63, 3.8) is 0 Å². The Bertz CT molecular complexity index is 1510. The summed E-state index contributed by atoms with van der Waals surface area (Å²) in [4.78, 5) is 30.4. The van der Waals surface area contributed by atoms with E-state index in [1.54, 1.807) is 18.3 Å². The molecule has 0 aliphatic heterocycles. The molecular formula is C28H24N6O2. The van der Waals surface area contributed by atoms with Crippen LogP contribution in [0.1, 0.15) is 28.7 Å². The molecule has 0 aliphatic rings. The summed E-state index contributed by atoms with van der Waals surface area (Å²) in [5, 5.41) is 2.96. The lowest BCUT2D eigenvalue weighted by molar-refractivity contribution is 0.102. The monoisotopic (exact) mass is 476 g/mol. The van der Waals surface area contributed by atoms with Gasteiger partial charge in [-0.3, -0.25) is 4.79 Å². The number of benzene rings is 2. The lowest BCUT2D eigenvalue weighted by Gasteiger charge is -2.13. The molecule has 0 atom stereocenters. The van der Waals surface area contributed by atoms with Crippen LogP contribution in [-0.4, -0.2) is 30.4 Å². The number of aromatic nitrogens is 5. The minimum atomic E-state index is -0.213. The SMILES string of the molecule is CCc1ncnc(-c2cccnc2Oc2cc(NC(=O)c3cccc(-n4cccc4)c3)ccc2C)n1. The minimum absolute atomic E-state index is 0.213. The molecule has 0 aliphatic carbocycles. The maximum atomic E-state index is 13.0. The van der Waals surface area contributed by atoms with E-state index in [-0.39, 0.29) is 5.91 Å². The number of carbonyl (C=O) groups excluding carboxylic acids is 1. The molecule has 8 heteroatoms. The molecule has 3 heterocycles. The van der Waals surface area contributed by atoms with Crippen molar-refractivity contribution < 1.29 is 9.53 Å². The zero-order valence-electron chi connectivity index (χ0n) is 19.9. The van der Waals surface area contributed by atoms with Gasteiger partial charge in [-0.15, -0.1) is 0 Å². The lowest BCUT2D eigenvalue weighted by atomic mass is 10.1. The van der Waals surface area contributed by atoms with Crippen LogP contribution >= 0.6 is 0 Å². The van der Waals surface area contributed by atoms with Gasteiger partial charge in [0.05, 0.1) is 5.56 Å². The third kappa shape index (κ3) is 4.97. The Hall–Kier alpha value is -4.85. The first-order chi connectivity index (χ1) is 17.6. The van der Waals surface area contributed by atoms with Crippen molar-refractivity contribution in [3.05, 3.63) is 109 Å². The van der Waals surface area contributed by atoms with Gasteiger partial charge in [-0.2, -0.15) is 0 Å². The number of nitrogens with zero attached hydrogens (tertiary/aromatic N) is 5. The van der Waals surface area contributed by atoms with Crippen LogP contribution in [0.4, 0.5) is 5.69 Å². The van der Waals surface area contributed by atoms with Gasteiger partial charge in [0.1, 0.15) is 17.9 Å². The van der Waals surface area contributed by atoms with Crippen LogP contribution < -0.4 is 10.1 Å². The van der Waals surface area contributed by atoms with Crippen LogP contribution in [0.25, 0.3) is 17.1 Å². The minimum Gasteiger partial charge on any atom is -0.438 e. The van der Waals surface area contributed by atoms with E-state index in [2.05, 4.69) is 25.3 Å². The predicted octanol–water partition coefficient (Wildman–Crippen LogP) is 5.64. The van der Waals surface area contributed by atoms with Gasteiger partial charge in [0.15, 0.2) is 5.82 Å². The zero-order chi connectivity index (χ0) is 24.9. The van der Waals surface area contributed by atoms with Gasteiger partial charge in [-0.25, -0.2) is 19.9 Å². The number of rotatable bonds is 7. The first kappa shape index (κ1) is 22.9. The van der Waals surface area contributed by atoms with Crippen molar-refractivity contribution in [2.75, 3.05) is 5.32 Å². The number of amides is 1. The van der Waals surface area contributed by atoms with Crippen LogP contribution in [0.3, 0.4) is 0 Å². The van der Waals surface area contributed by atoms with Gasteiger partial charge in [0.2, 0.25) is 5.88 Å². The average Bonchev–Trinajstić information content (AvgIpc) is 3.46. The highest BCUT2D eigenvalue weighted by Gasteiger charge is 2.15. The summed E-state index contributed by atoms with van der Waals surface area (Å²) in [6.45, 7) is 3.92. The molecule has 178 valence electrons. The van der Waals surface area contributed by atoms with Crippen molar-refractivity contribution in [3.8, 4) is 28.7 Å². The maximum Gasteiger partial charge on any atom is 0.255 e. The van der Waals surface area contributed by atoms with Gasteiger partial charge in [-0.05, 0) is 61.0 Å². The predicted molar refractivity (Wildman–Crippen MR) is 137 cm³/mol. The van der Waals surface area contributed by atoms with E-state index in [0.717, 1.165) is 11.3 Å². The van der Waals surface area contributed by atoms with E-state index in [1.807, 2.05) is 85.4 Å². The molecule has 0 fully saturated rings. The van der Waals surface area contributed by atoms with Gasteiger partial charge >= 0.3 is 0 Å². The number of pyridine rings is 1. The number of hydrogen-bond acceptors (Lipinski definition) is 6. The molecule has 36 heavy (non-hydrogen) atoms. The van der Waals surface area contributed by atoms with E-state index >= 15 is 0 Å². The topological polar surface area (TPSA) is 94.8 Å². The second kappa shape index (κ2) is 10.2. The molecule has 1 N–H and O–H groups in total. The molecule has 3 aromatic heterocycles. The number of aryl methyl sites for hydroxylation is 2. The van der Waals surface area contributed by atoms with E-state index in [4.69, 9.17) is 4.74 Å². The number of ether oxygens (including phenoxy) is 1. The largest absolute Gasteiger partial charge is 0.438 e. The van der Waals surface area contributed by atoms with Crippen LogP contribution in [0.15, 0.2) is 91.6 Å². The molecule has 5 rings (SSSR count). The average molecular weight is 477 g/mol. The number of anilines is 1. The van der Waals surface area contributed by atoms with Crippen LogP contribution in [0, 0.1) is 6.92 Å². The third-order valence-corrected chi connectivity index (χ3v) is 5.61. The standard InChI is InChI=1S/C28H24N6O2/c1-3-25-30-18-31-26(33-25)23-10-7-13-29-28(23)36-24-17-21(12-11-19(24)2)32-27(35)20-8-6-9-22(16-20)34-14-4-5-15-34/h4-18H,3H2,1-2H3,(H,32,35). The van der Waals surface area contributed by atoms with Crippen LogP contribution in [0.5, 0.6) is 11.6 Å². The normalized spacial score (nSPS) is 10.7. The van der Waals surface area contributed by atoms with Crippen LogP contribution in [0.2, 0.25) is 0 Å². The highest BCUT2D eigenvalue weighted by molar-refractivity contribution is 6.04. The van der Waals surface area contributed by atoms with Crippen molar-refractivity contribution in [2.24, 2.45) is 0 Å². The highest BCUT2D eigenvalue weighted by atomic mass is 16.5. The second-order valence-corrected chi connectivity index (χ2v) is 8.11. The highest BCUT2D eigenvalue weighted by Crippen LogP contribution is 2.32. The van der Waals surface area contributed by atoms with Crippen LogP contribution in [-0.2, 0) is 6.42 Å². The fourth-order valence-electron chi connectivity index (χ4n) is 3.68. The number of hydrogen-bond donors (Lipinski definition) is 1. The second-order valence-electron chi connectivity index (χ2n) is 8.11. The molecule has 0 radical (unpaired) electrons. The summed E-state index contributed by atoms with van der Waals surface area (Å²) < 4.78 is 8.15. The Morgan fingerprint density at radius 2 is 1.83 bits per heavy atom. The summed E-state index contributed by atoms with van der Waals surface area (Å²) in [7, 11) is 0. The Labute approximate surface area is 208 Å². The Morgan fingerprint density at radius 1 is 0.972 bits per heavy atom. The number of carbonyl (C=O) groups is 1. The van der Waals surface area contributed by atoms with Gasteiger partial charge in [0, 0.05) is 48.0 Å². The first-order valence-electron chi connectivity index (χ1n) is 11.6. The zero-order valence-corrected chi connectivity index (χ0v) is 19.9. The summed E-state index contributed by atoms with van der Waals surface area (Å²) in [6, 6.07) is 20.5. The molecule has 5 aromatic rings. The van der Waals surface area contributed by atoms with Gasteiger partial charge in [-0.1, -0.05) is 19.1 Å². The van der Waals surface area contributed by atoms with Crippen molar-refractivity contribution in [1.82, 2.24) is 24.5 Å². The van der Waals surface area contributed by atoms with Gasteiger partial charge in [0.25, 0.3) is 5.91 Å². The molecule has 0 unspecified atom stereocenters. The smallest absolute Gasteiger partial charge is 0.255 e. The lowest BCUT2D eigenvalue weighted by Crippen LogP contribution is -2.12. The quantitative estimate of drug-likeness (QED) is 0.327. The summed E-state index contributed by atoms with van der Waals surface area (Å²) in [5.74, 6) is 1.91. The Balaban J connectivity index is 1.39. The fraction of sp³-hybridized carbons (Fsp3) is 0.107. The van der Waals surface area contributed by atoms with Crippen molar-refractivity contribution in [1.29, 1.82) is 0 Å². The molecule has 1 amide bonds. The molecule has 0 saturated carbocycles. The molecule has 0 spiro atoms. The first-order valence-corrected chi connectivity index (χ1v) is 11.6. The Kier molecular flexibility index (Phi) is 6.48. The van der Waals surface area contributed by atoms with Gasteiger partial charge < -0.3 is 14.6 Å². The molecule has 2 aromatic carbocycles. The summed E-state index contributed by atoms with van der Waals surface area (Å²) in [5.41, 5.74) is 3.62. The van der Waals surface area contributed by atoms with E-state index in [9.17, 15) is 4.79 Å². The number of nitrogens with one attached hydrogen (secondary N) is 1. The summed E-state index contributed by atoms with van der Waals surface area (Å²) >= 11 is 0. The van der Waals surface area contributed by atoms with Crippen molar-refractivity contribution in [2.45, 2.75) is 20.3 Å². The van der Waals surface area contributed by atoms with Crippen molar-refractivity contribution >= 4 is 11.6 Å². The molecule has 0 saturated heterocycles. The summed E-state index contributed by atoms with van der Waals surface area (Å²) in [6.07, 6.45) is 7.71. The fourth-order valence-corrected chi connectivity index (χ4v) is 3.68. The maximum absolute atomic E-state index is 13.0. The van der Waals surface area contributed by atoms with E-state index < -0.39 is 0 Å². The molecule has 0 bridgehead atoms. The van der Waals surface area contributed by atoms with E-state index in [1.165, 1.54) is 6.33 Å². The molecular weight excluding hydrogens is 452 g/mol. The Morgan fingerprint density at radius 3 is 2.67 bits per heavy atom. The van der Waals surface area contributed by atoms with E-state index in [0.29, 0.717) is 46.5 Å².